The molecule has 0 amide bonds. The number of fused-ring (bicyclic) bond motifs is 2. The van der Waals surface area contributed by atoms with Gasteiger partial charge in [0.15, 0.2) is 0 Å². The summed E-state index contributed by atoms with van der Waals surface area (Å²) in [6, 6.07) is 27.5. The number of hydrogen-bond acceptors (Lipinski definition) is 6. The molecular formula is C41H39N2O8S+. The second-order valence-electron chi connectivity index (χ2n) is 12.7. The van der Waals surface area contributed by atoms with Crippen molar-refractivity contribution in [2.45, 2.75) is 45.4 Å². The van der Waals surface area contributed by atoms with Crippen molar-refractivity contribution in [3.8, 4) is 22.5 Å². The molecule has 11 heteroatoms. The van der Waals surface area contributed by atoms with Gasteiger partial charge in [-0.25, -0.2) is 9.59 Å². The molecule has 0 atom stereocenters. The van der Waals surface area contributed by atoms with Crippen LogP contribution in [0.4, 0.5) is 17.1 Å². The largest absolute Gasteiger partial charge is 0.478 e. The number of aromatic carboxylic acids is 2. The molecule has 3 N–H and O–H groups in total. The summed E-state index contributed by atoms with van der Waals surface area (Å²) in [5.74, 6) is -1.63. The van der Waals surface area contributed by atoms with E-state index >= 15 is 0 Å². The second kappa shape index (κ2) is 14.5. The maximum absolute atomic E-state index is 12.7. The molecule has 0 unspecified atom stereocenters. The van der Waals surface area contributed by atoms with Crippen molar-refractivity contribution in [1.29, 1.82) is 0 Å². The summed E-state index contributed by atoms with van der Waals surface area (Å²) in [6.45, 7) is 9.06. The van der Waals surface area contributed by atoms with Gasteiger partial charge in [0.05, 0.1) is 17.2 Å². The van der Waals surface area contributed by atoms with Crippen LogP contribution in [-0.4, -0.2) is 48.2 Å². The Labute approximate surface area is 301 Å². The lowest BCUT2D eigenvalue weighted by Gasteiger charge is -2.27. The molecular weight excluding hydrogens is 681 g/mol. The Morgan fingerprint density at radius 3 is 2.13 bits per heavy atom. The van der Waals surface area contributed by atoms with Gasteiger partial charge in [-0.15, -0.1) is 0 Å². The number of hydrogen-bond donors (Lipinski definition) is 3. The number of benzene rings is 5. The lowest BCUT2D eigenvalue weighted by atomic mass is 9.93. The van der Waals surface area contributed by atoms with E-state index in [-0.39, 0.29) is 16.0 Å². The summed E-state index contributed by atoms with van der Waals surface area (Å²) >= 11 is 0. The Bertz CT molecular complexity index is 2520. The molecule has 1 aliphatic heterocycles. The fourth-order valence-electron chi connectivity index (χ4n) is 6.68. The molecule has 0 spiro atoms. The highest BCUT2D eigenvalue weighted by Crippen LogP contribution is 2.43. The van der Waals surface area contributed by atoms with Crippen LogP contribution < -0.4 is 14.8 Å². The molecule has 0 saturated carbocycles. The zero-order valence-electron chi connectivity index (χ0n) is 29.3. The number of aryl methyl sites for hydroxylation is 2. The minimum Gasteiger partial charge on any atom is -0.478 e. The van der Waals surface area contributed by atoms with Crippen LogP contribution in [0.2, 0.25) is 0 Å². The van der Waals surface area contributed by atoms with Crippen LogP contribution in [0.15, 0.2) is 106 Å². The van der Waals surface area contributed by atoms with Gasteiger partial charge in [0.2, 0.25) is 11.0 Å². The third kappa shape index (κ3) is 6.92. The Morgan fingerprint density at radius 1 is 0.769 bits per heavy atom. The highest BCUT2D eigenvalue weighted by molar-refractivity contribution is 7.86. The lowest BCUT2D eigenvalue weighted by Crippen LogP contribution is -2.27. The average Bonchev–Trinajstić information content (AvgIpc) is 3.11. The number of rotatable bonds is 11. The van der Waals surface area contributed by atoms with Gasteiger partial charge in [-0.1, -0.05) is 44.2 Å². The fraction of sp³-hybridized carbons (Fsp3) is 0.195. The Morgan fingerprint density at radius 2 is 1.46 bits per heavy atom. The molecule has 266 valence electrons. The van der Waals surface area contributed by atoms with E-state index in [1.807, 2.05) is 73.6 Å². The maximum Gasteiger partial charge on any atom is 0.335 e. The summed E-state index contributed by atoms with van der Waals surface area (Å²) in [5, 5.41) is 20.8. The standard InChI is InChI=1S/C41H38N2O8S/c1-5-19-42(34-21-27(40(44)45)13-11-25(34)3)29-15-17-31-36(23-29)51-37-24-30(43(20-6-2)35-22-28(41(46)47)14-12-26(35)4)16-18-32(37)39(31)33-9-7-8-10-38(33)52(48,49)50/h7-18,21-24H,5-6,19-20H2,1-4H3,(H2-,44,45,46,47,48,49,50)/p+1. The van der Waals surface area contributed by atoms with E-state index in [2.05, 4.69) is 0 Å². The van der Waals surface area contributed by atoms with Crippen molar-refractivity contribution in [3.05, 3.63) is 125 Å². The fourth-order valence-corrected chi connectivity index (χ4v) is 7.38. The summed E-state index contributed by atoms with van der Waals surface area (Å²) in [7, 11) is -4.62. The molecule has 52 heavy (non-hydrogen) atoms. The van der Waals surface area contributed by atoms with E-state index in [1.165, 1.54) is 6.07 Å². The second-order valence-corrected chi connectivity index (χ2v) is 14.1. The van der Waals surface area contributed by atoms with Gasteiger partial charge in [-0.05, 0) is 68.3 Å². The van der Waals surface area contributed by atoms with Crippen molar-refractivity contribution in [2.75, 3.05) is 18.0 Å². The first-order valence-corrected chi connectivity index (χ1v) is 18.4. The summed E-state index contributed by atoms with van der Waals surface area (Å²) < 4.78 is 44.4. The molecule has 1 heterocycles. The van der Waals surface area contributed by atoms with Crippen LogP contribution in [0.5, 0.6) is 0 Å². The van der Waals surface area contributed by atoms with Crippen molar-refractivity contribution in [3.63, 3.8) is 0 Å². The maximum atomic E-state index is 12.7. The van der Waals surface area contributed by atoms with Crippen molar-refractivity contribution >= 4 is 50.1 Å². The van der Waals surface area contributed by atoms with Crippen LogP contribution in [0.25, 0.3) is 33.4 Å². The number of anilines is 2. The third-order valence-electron chi connectivity index (χ3n) is 9.13. The highest BCUT2D eigenvalue weighted by atomic mass is 32.2. The van der Waals surface area contributed by atoms with Gasteiger partial charge in [0.25, 0.3) is 10.1 Å². The molecule has 0 bridgehead atoms. The van der Waals surface area contributed by atoms with Gasteiger partial charge < -0.3 is 19.5 Å². The number of carboxylic acids is 2. The third-order valence-corrected chi connectivity index (χ3v) is 10.0. The van der Waals surface area contributed by atoms with Crippen LogP contribution in [0, 0.1) is 13.8 Å². The van der Waals surface area contributed by atoms with Crippen molar-refractivity contribution in [2.24, 2.45) is 0 Å². The first-order valence-electron chi connectivity index (χ1n) is 17.0. The molecule has 0 fully saturated rings. The molecule has 6 rings (SSSR count). The van der Waals surface area contributed by atoms with Crippen LogP contribution in [-0.2, 0) is 10.1 Å². The average molecular weight is 720 g/mol. The number of carboxylic acid groups (broad SMARTS) is 2. The van der Waals surface area contributed by atoms with Crippen LogP contribution in [0.3, 0.4) is 0 Å². The molecule has 10 nitrogen and oxygen atoms in total. The number of nitrogens with zero attached hydrogens (tertiary/aromatic N) is 2. The quantitative estimate of drug-likeness (QED) is 0.0681. The monoisotopic (exact) mass is 719 g/mol. The van der Waals surface area contributed by atoms with Crippen molar-refractivity contribution < 1.29 is 37.2 Å². The molecule has 2 aliphatic rings. The first-order chi connectivity index (χ1) is 24.8. The van der Waals surface area contributed by atoms with Gasteiger partial charge >= 0.3 is 11.9 Å². The highest BCUT2D eigenvalue weighted by Gasteiger charge is 2.26. The van der Waals surface area contributed by atoms with E-state index < -0.39 is 22.1 Å². The first kappa shape index (κ1) is 36.0. The van der Waals surface area contributed by atoms with Gasteiger partial charge in [-0.3, -0.25) is 4.55 Å². The van der Waals surface area contributed by atoms with E-state index in [1.54, 1.807) is 54.6 Å². The molecule has 0 radical (unpaired) electrons. The van der Waals surface area contributed by atoms with Gasteiger partial charge in [0.1, 0.15) is 22.8 Å². The Balaban J connectivity index is 1.70. The topological polar surface area (TPSA) is 148 Å². The summed E-state index contributed by atoms with van der Waals surface area (Å²) in [4.78, 5) is 25.6. The van der Waals surface area contributed by atoms with E-state index in [0.717, 1.165) is 46.4 Å². The normalized spacial score (nSPS) is 12.2. The molecule has 1 aliphatic carbocycles. The zero-order valence-corrected chi connectivity index (χ0v) is 30.1. The molecule has 0 aromatic heterocycles. The van der Waals surface area contributed by atoms with Gasteiger partial charge in [0, 0.05) is 70.2 Å². The van der Waals surface area contributed by atoms with E-state index in [4.69, 9.17) is 4.42 Å². The lowest BCUT2D eigenvalue weighted by molar-refractivity contribution is 0.0686. The minimum absolute atomic E-state index is 0.163. The summed E-state index contributed by atoms with van der Waals surface area (Å²) in [5.41, 5.74) is 6.17. The minimum atomic E-state index is -4.62. The van der Waals surface area contributed by atoms with E-state index in [0.29, 0.717) is 46.5 Å². The predicted octanol–water partition coefficient (Wildman–Crippen LogP) is 8.53. The summed E-state index contributed by atoms with van der Waals surface area (Å²) in [6.07, 6.45) is 1.52. The van der Waals surface area contributed by atoms with Gasteiger partial charge in [-0.2, -0.15) is 13.0 Å². The SMILES string of the molecule is CCCN(c1ccc2c(-c3ccccc3S(=O)(=O)O)c3ccc(=[N+](CCC)c4cc(C(=O)O)ccc4C)cc-3oc2c1)c1cc(C(=O)O)ccc1C. The zero-order chi connectivity index (χ0) is 37.3. The van der Waals surface area contributed by atoms with E-state index in [9.17, 15) is 32.8 Å². The predicted molar refractivity (Wildman–Crippen MR) is 202 cm³/mol. The van der Waals surface area contributed by atoms with Crippen LogP contribution >= 0.6 is 0 Å². The smallest absolute Gasteiger partial charge is 0.335 e. The van der Waals surface area contributed by atoms with Crippen molar-refractivity contribution in [1.82, 2.24) is 4.58 Å². The van der Waals surface area contributed by atoms with Crippen LogP contribution in [0.1, 0.15) is 58.5 Å². The number of carbonyl (C=O) groups is 2. The molecule has 4 aromatic carbocycles. The molecule has 4 aromatic rings. The Kier molecular flexibility index (Phi) is 10.0. The molecule has 0 saturated heterocycles. The Hall–Kier alpha value is -5.78.